The highest BCUT2D eigenvalue weighted by Gasteiger charge is 2.29. The number of rotatable bonds is 6. The summed E-state index contributed by atoms with van der Waals surface area (Å²) in [4.78, 5) is 5.09. The maximum atomic E-state index is 5.89. The molecule has 4 rings (SSSR count). The van der Waals surface area contributed by atoms with E-state index in [9.17, 15) is 0 Å². The first kappa shape index (κ1) is 17.3. The first-order valence-electron chi connectivity index (χ1n) is 9.27. The Morgan fingerprint density at radius 1 is 0.852 bits per heavy atom. The predicted molar refractivity (Wildman–Crippen MR) is 108 cm³/mol. The van der Waals surface area contributed by atoms with Gasteiger partial charge in [-0.1, -0.05) is 71.9 Å². The van der Waals surface area contributed by atoms with Crippen LogP contribution in [0.25, 0.3) is 0 Å². The molecular weight excluding hydrogens is 334 g/mol. The van der Waals surface area contributed by atoms with Crippen LogP contribution in [0.3, 0.4) is 0 Å². The molecular formula is C24H23NO2. The predicted octanol–water partition coefficient (Wildman–Crippen LogP) is 5.15. The third kappa shape index (κ3) is 4.03. The number of hydrogen-bond acceptors (Lipinski definition) is 3. The summed E-state index contributed by atoms with van der Waals surface area (Å²) in [6.07, 6.45) is 1.78. The zero-order chi connectivity index (χ0) is 18.5. The van der Waals surface area contributed by atoms with Gasteiger partial charge in [-0.05, 0) is 40.8 Å². The minimum absolute atomic E-state index is 0.275. The molecule has 0 radical (unpaired) electrons. The Hall–Kier alpha value is -3.07. The summed E-state index contributed by atoms with van der Waals surface area (Å²) in [5.41, 5.74) is 6.25. The van der Waals surface area contributed by atoms with Gasteiger partial charge in [0.2, 0.25) is 0 Å². The maximum absolute atomic E-state index is 5.89. The van der Waals surface area contributed by atoms with Crippen LogP contribution >= 0.6 is 0 Å². The molecule has 1 unspecified atom stereocenters. The van der Waals surface area contributed by atoms with Crippen molar-refractivity contribution in [2.24, 2.45) is 5.16 Å². The molecule has 0 aliphatic heterocycles. The lowest BCUT2D eigenvalue weighted by Crippen LogP contribution is -2.10. The van der Waals surface area contributed by atoms with Crippen molar-refractivity contribution in [1.29, 1.82) is 0 Å². The van der Waals surface area contributed by atoms with Crippen molar-refractivity contribution in [3.63, 3.8) is 0 Å². The second kappa shape index (κ2) is 8.09. The Morgan fingerprint density at radius 2 is 1.59 bits per heavy atom. The topological polar surface area (TPSA) is 30.8 Å². The van der Waals surface area contributed by atoms with Gasteiger partial charge in [0.15, 0.2) is 0 Å². The summed E-state index contributed by atoms with van der Waals surface area (Å²) >= 11 is 0. The zero-order valence-electron chi connectivity index (χ0n) is 15.5. The molecule has 0 saturated heterocycles. The van der Waals surface area contributed by atoms with E-state index >= 15 is 0 Å². The van der Waals surface area contributed by atoms with E-state index in [2.05, 4.69) is 53.7 Å². The molecule has 0 amide bonds. The summed E-state index contributed by atoms with van der Waals surface area (Å²) in [5.74, 6) is 1.16. The van der Waals surface area contributed by atoms with E-state index < -0.39 is 0 Å². The Labute approximate surface area is 160 Å². The molecule has 0 fully saturated rings. The van der Waals surface area contributed by atoms with Crippen LogP contribution in [0, 0.1) is 0 Å². The van der Waals surface area contributed by atoms with Gasteiger partial charge in [-0.25, -0.2) is 0 Å². The average molecular weight is 357 g/mol. The van der Waals surface area contributed by atoms with Crippen LogP contribution in [-0.2, 0) is 24.3 Å². The van der Waals surface area contributed by atoms with Crippen LogP contribution in [-0.4, -0.2) is 12.8 Å². The Bertz CT molecular complexity index is 917. The molecule has 0 bridgehead atoms. The van der Waals surface area contributed by atoms with E-state index in [4.69, 9.17) is 9.57 Å². The lowest BCUT2D eigenvalue weighted by Gasteiger charge is -2.13. The standard InChI is InChI=1S/C24H23NO2/c1-26-25-24-16-20-9-5-6-10-22(20)23(24)15-18-11-13-21(14-12-18)27-17-19-7-3-2-4-8-19/h2-14,23H,15-17H2,1H3. The van der Waals surface area contributed by atoms with Crippen molar-refractivity contribution < 1.29 is 9.57 Å². The minimum Gasteiger partial charge on any atom is -0.489 e. The van der Waals surface area contributed by atoms with Gasteiger partial charge in [0, 0.05) is 12.3 Å². The molecule has 0 aromatic heterocycles. The van der Waals surface area contributed by atoms with Crippen LogP contribution in [0.2, 0.25) is 0 Å². The molecule has 3 heteroatoms. The highest BCUT2D eigenvalue weighted by molar-refractivity contribution is 5.96. The van der Waals surface area contributed by atoms with Gasteiger partial charge < -0.3 is 9.57 Å². The van der Waals surface area contributed by atoms with Crippen LogP contribution in [0.5, 0.6) is 5.75 Å². The average Bonchev–Trinajstić information content (AvgIpc) is 3.06. The normalized spacial score (nSPS) is 16.9. The zero-order valence-corrected chi connectivity index (χ0v) is 15.5. The van der Waals surface area contributed by atoms with Gasteiger partial charge in [0.05, 0.1) is 5.71 Å². The van der Waals surface area contributed by atoms with Crippen molar-refractivity contribution >= 4 is 5.71 Å². The monoisotopic (exact) mass is 357 g/mol. The summed E-state index contributed by atoms with van der Waals surface area (Å²) < 4.78 is 5.89. The first-order chi connectivity index (χ1) is 13.3. The first-order valence-corrected chi connectivity index (χ1v) is 9.27. The van der Waals surface area contributed by atoms with Gasteiger partial charge in [0.1, 0.15) is 19.5 Å². The number of nitrogens with zero attached hydrogens (tertiary/aromatic N) is 1. The van der Waals surface area contributed by atoms with E-state index in [-0.39, 0.29) is 5.92 Å². The molecule has 0 N–H and O–H groups in total. The molecule has 1 aliphatic rings. The Balaban J connectivity index is 1.45. The second-order valence-electron chi connectivity index (χ2n) is 6.82. The highest BCUT2D eigenvalue weighted by Crippen LogP contribution is 2.34. The van der Waals surface area contributed by atoms with Crippen molar-refractivity contribution in [3.8, 4) is 5.75 Å². The molecule has 3 aromatic rings. The Kier molecular flexibility index (Phi) is 5.20. The van der Waals surface area contributed by atoms with E-state index in [1.807, 2.05) is 30.3 Å². The smallest absolute Gasteiger partial charge is 0.119 e. The molecule has 3 aromatic carbocycles. The van der Waals surface area contributed by atoms with Gasteiger partial charge in [0.25, 0.3) is 0 Å². The largest absolute Gasteiger partial charge is 0.489 e. The van der Waals surface area contributed by atoms with Crippen LogP contribution in [0.15, 0.2) is 84.0 Å². The van der Waals surface area contributed by atoms with Crippen molar-refractivity contribution in [3.05, 3.63) is 101 Å². The van der Waals surface area contributed by atoms with E-state index in [1.165, 1.54) is 22.3 Å². The summed E-state index contributed by atoms with van der Waals surface area (Å²) in [5, 5.41) is 4.29. The minimum atomic E-state index is 0.275. The summed E-state index contributed by atoms with van der Waals surface area (Å²) in [7, 11) is 1.62. The Morgan fingerprint density at radius 3 is 2.37 bits per heavy atom. The van der Waals surface area contributed by atoms with E-state index in [1.54, 1.807) is 7.11 Å². The number of fused-ring (bicyclic) bond motifs is 1. The van der Waals surface area contributed by atoms with Gasteiger partial charge >= 0.3 is 0 Å². The van der Waals surface area contributed by atoms with Crippen LogP contribution in [0.4, 0.5) is 0 Å². The van der Waals surface area contributed by atoms with Gasteiger partial charge in [-0.2, -0.15) is 0 Å². The maximum Gasteiger partial charge on any atom is 0.119 e. The van der Waals surface area contributed by atoms with Crippen molar-refractivity contribution in [2.45, 2.75) is 25.4 Å². The van der Waals surface area contributed by atoms with Crippen molar-refractivity contribution in [2.75, 3.05) is 7.11 Å². The SMILES string of the molecule is CON=C1Cc2ccccc2C1Cc1ccc(OCc2ccccc2)cc1. The molecule has 3 nitrogen and oxygen atoms in total. The molecule has 0 heterocycles. The lowest BCUT2D eigenvalue weighted by atomic mass is 9.92. The molecule has 27 heavy (non-hydrogen) atoms. The third-order valence-corrected chi connectivity index (χ3v) is 5.02. The van der Waals surface area contributed by atoms with E-state index in [0.29, 0.717) is 6.61 Å². The number of oxime groups is 1. The highest BCUT2D eigenvalue weighted by atomic mass is 16.6. The molecule has 1 atom stereocenters. The molecule has 0 spiro atoms. The number of benzene rings is 3. The molecule has 1 aliphatic carbocycles. The van der Waals surface area contributed by atoms with Crippen molar-refractivity contribution in [1.82, 2.24) is 0 Å². The molecule has 0 saturated carbocycles. The van der Waals surface area contributed by atoms with Gasteiger partial charge in [-0.15, -0.1) is 0 Å². The number of ether oxygens (including phenoxy) is 1. The van der Waals surface area contributed by atoms with Crippen LogP contribution < -0.4 is 4.74 Å². The lowest BCUT2D eigenvalue weighted by molar-refractivity contribution is 0.211. The fourth-order valence-electron chi connectivity index (χ4n) is 3.67. The van der Waals surface area contributed by atoms with E-state index in [0.717, 1.165) is 24.3 Å². The second-order valence-corrected chi connectivity index (χ2v) is 6.82. The summed E-state index contributed by atoms with van der Waals surface area (Å²) in [6, 6.07) is 27.2. The third-order valence-electron chi connectivity index (χ3n) is 5.02. The summed E-state index contributed by atoms with van der Waals surface area (Å²) in [6.45, 7) is 0.584. The fourth-order valence-corrected chi connectivity index (χ4v) is 3.67. The number of hydrogen-bond donors (Lipinski definition) is 0. The van der Waals surface area contributed by atoms with Gasteiger partial charge in [-0.3, -0.25) is 0 Å². The van der Waals surface area contributed by atoms with Crippen LogP contribution in [0.1, 0.15) is 28.2 Å². The quantitative estimate of drug-likeness (QED) is 0.571. The molecule has 136 valence electrons. The fraction of sp³-hybridized carbons (Fsp3) is 0.208.